The van der Waals surface area contributed by atoms with Crippen molar-refractivity contribution in [3.8, 4) is 0 Å². The van der Waals surface area contributed by atoms with Crippen LogP contribution in [0.4, 0.5) is 0 Å². The van der Waals surface area contributed by atoms with Crippen LogP contribution in [0, 0.1) is 5.41 Å². The Morgan fingerprint density at radius 1 is 1.45 bits per heavy atom. The minimum Gasteiger partial charge on any atom is -0.396 e. The van der Waals surface area contributed by atoms with Gasteiger partial charge in [-0.05, 0) is 29.5 Å². The Balaban J connectivity index is 2.23. The van der Waals surface area contributed by atoms with E-state index in [1.165, 1.54) is 0 Å². The van der Waals surface area contributed by atoms with Gasteiger partial charge < -0.3 is 10.4 Å². The number of rotatable bonds is 8. The molecule has 0 fully saturated rings. The summed E-state index contributed by atoms with van der Waals surface area (Å²) in [6, 6.07) is 7.67. The van der Waals surface area contributed by atoms with Crippen molar-refractivity contribution in [2.45, 2.75) is 26.0 Å². The smallest absolute Gasteiger partial charge is 0.230 e. The van der Waals surface area contributed by atoms with Gasteiger partial charge in [-0.15, -0.1) is 11.8 Å². The van der Waals surface area contributed by atoms with E-state index in [2.05, 4.69) is 5.32 Å². The van der Waals surface area contributed by atoms with Crippen LogP contribution in [-0.4, -0.2) is 29.9 Å². The predicted molar refractivity (Wildman–Crippen MR) is 86.1 cm³/mol. The highest BCUT2D eigenvalue weighted by Gasteiger charge is 2.17. The number of aliphatic hydroxyl groups is 1. The van der Waals surface area contributed by atoms with Gasteiger partial charge in [0.15, 0.2) is 0 Å². The number of hydrogen-bond acceptors (Lipinski definition) is 3. The van der Waals surface area contributed by atoms with Crippen LogP contribution in [0.25, 0.3) is 0 Å². The van der Waals surface area contributed by atoms with Gasteiger partial charge in [0.1, 0.15) is 0 Å². The monoisotopic (exact) mass is 315 g/mol. The Labute approximate surface area is 130 Å². The van der Waals surface area contributed by atoms with Gasteiger partial charge in [0.25, 0.3) is 0 Å². The Morgan fingerprint density at radius 3 is 2.85 bits per heavy atom. The fourth-order valence-corrected chi connectivity index (χ4v) is 2.69. The molecule has 1 amide bonds. The summed E-state index contributed by atoms with van der Waals surface area (Å²) in [6.45, 7) is 4.79. The molecule has 5 heteroatoms. The molecule has 1 rings (SSSR count). The highest BCUT2D eigenvalue weighted by atomic mass is 35.5. The lowest BCUT2D eigenvalue weighted by Crippen LogP contribution is -2.35. The SMILES string of the molecule is CC(C)(CCO)CNC(=O)CSCc1cccc(Cl)c1. The molecule has 0 aromatic heterocycles. The van der Waals surface area contributed by atoms with Crippen molar-refractivity contribution in [2.24, 2.45) is 5.41 Å². The zero-order valence-corrected chi connectivity index (χ0v) is 13.6. The van der Waals surface area contributed by atoms with Gasteiger partial charge in [0.2, 0.25) is 5.91 Å². The molecule has 0 atom stereocenters. The molecule has 1 aromatic carbocycles. The second kappa shape index (κ2) is 8.55. The second-order valence-electron chi connectivity index (χ2n) is 5.54. The van der Waals surface area contributed by atoms with Crippen LogP contribution in [-0.2, 0) is 10.5 Å². The maximum atomic E-state index is 11.7. The molecule has 0 heterocycles. The van der Waals surface area contributed by atoms with Crippen LogP contribution in [0.3, 0.4) is 0 Å². The third kappa shape index (κ3) is 7.17. The largest absolute Gasteiger partial charge is 0.396 e. The number of halogens is 1. The summed E-state index contributed by atoms with van der Waals surface area (Å²) in [5.41, 5.74) is 1.05. The van der Waals surface area contributed by atoms with E-state index >= 15 is 0 Å². The van der Waals surface area contributed by atoms with Crippen molar-refractivity contribution in [1.82, 2.24) is 5.32 Å². The fourth-order valence-electron chi connectivity index (χ4n) is 1.67. The van der Waals surface area contributed by atoms with E-state index in [1.54, 1.807) is 11.8 Å². The van der Waals surface area contributed by atoms with Crippen LogP contribution in [0.5, 0.6) is 0 Å². The fraction of sp³-hybridized carbons (Fsp3) is 0.533. The first kappa shape index (κ1) is 17.3. The Morgan fingerprint density at radius 2 is 2.20 bits per heavy atom. The molecule has 112 valence electrons. The van der Waals surface area contributed by atoms with Gasteiger partial charge in [0.05, 0.1) is 5.75 Å². The topological polar surface area (TPSA) is 49.3 Å². The molecule has 0 unspecified atom stereocenters. The molecule has 0 saturated carbocycles. The van der Waals surface area contributed by atoms with Gasteiger partial charge in [-0.2, -0.15) is 0 Å². The van der Waals surface area contributed by atoms with E-state index in [-0.39, 0.29) is 17.9 Å². The maximum Gasteiger partial charge on any atom is 0.230 e. The lowest BCUT2D eigenvalue weighted by molar-refractivity contribution is -0.119. The van der Waals surface area contributed by atoms with E-state index in [0.29, 0.717) is 18.7 Å². The molecule has 3 nitrogen and oxygen atoms in total. The molecule has 0 spiro atoms. The van der Waals surface area contributed by atoms with Crippen molar-refractivity contribution in [2.75, 3.05) is 18.9 Å². The molecule has 2 N–H and O–H groups in total. The number of aliphatic hydroxyl groups excluding tert-OH is 1. The van der Waals surface area contributed by atoms with Gasteiger partial charge in [-0.1, -0.05) is 37.6 Å². The van der Waals surface area contributed by atoms with Crippen molar-refractivity contribution in [3.05, 3.63) is 34.9 Å². The normalized spacial score (nSPS) is 11.4. The number of nitrogens with one attached hydrogen (secondary N) is 1. The summed E-state index contributed by atoms with van der Waals surface area (Å²) >= 11 is 7.47. The number of carbonyl (C=O) groups is 1. The summed E-state index contributed by atoms with van der Waals surface area (Å²) in [5.74, 6) is 1.23. The number of amides is 1. The van der Waals surface area contributed by atoms with E-state index in [4.69, 9.17) is 16.7 Å². The minimum atomic E-state index is -0.0674. The van der Waals surface area contributed by atoms with Gasteiger partial charge in [0, 0.05) is 23.9 Å². The first-order valence-electron chi connectivity index (χ1n) is 6.63. The van der Waals surface area contributed by atoms with Gasteiger partial charge in [-0.3, -0.25) is 4.79 Å². The van der Waals surface area contributed by atoms with E-state index < -0.39 is 0 Å². The molecule has 1 aromatic rings. The standard InChI is InChI=1S/C15H22ClNO2S/c1-15(2,6-7-18)11-17-14(19)10-20-9-12-4-3-5-13(16)8-12/h3-5,8,18H,6-7,9-11H2,1-2H3,(H,17,19). The Kier molecular flexibility index (Phi) is 7.41. The Hall–Kier alpha value is -0.710. The summed E-state index contributed by atoms with van der Waals surface area (Å²) in [7, 11) is 0. The van der Waals surface area contributed by atoms with Crippen molar-refractivity contribution in [1.29, 1.82) is 0 Å². The zero-order valence-electron chi connectivity index (χ0n) is 12.0. The molecule has 0 aliphatic heterocycles. The van der Waals surface area contributed by atoms with Crippen LogP contribution in [0.15, 0.2) is 24.3 Å². The molecule has 0 saturated heterocycles. The predicted octanol–water partition coefficient (Wildman–Crippen LogP) is 3.10. The zero-order chi connectivity index (χ0) is 15.0. The molecule has 20 heavy (non-hydrogen) atoms. The summed E-state index contributed by atoms with van der Waals surface area (Å²) < 4.78 is 0. The third-order valence-corrected chi connectivity index (χ3v) is 4.18. The third-order valence-electron chi connectivity index (χ3n) is 2.94. The second-order valence-corrected chi connectivity index (χ2v) is 6.96. The van der Waals surface area contributed by atoms with Crippen LogP contribution >= 0.6 is 23.4 Å². The summed E-state index contributed by atoms with van der Waals surface area (Å²) in [6.07, 6.45) is 0.683. The van der Waals surface area contributed by atoms with E-state index in [1.807, 2.05) is 38.1 Å². The molecule has 0 radical (unpaired) electrons. The minimum absolute atomic E-state index is 0.0306. The molecule has 0 aliphatic carbocycles. The quantitative estimate of drug-likeness (QED) is 0.775. The van der Waals surface area contributed by atoms with Crippen LogP contribution in [0.2, 0.25) is 5.02 Å². The van der Waals surface area contributed by atoms with Crippen molar-refractivity contribution in [3.63, 3.8) is 0 Å². The molecule has 0 aliphatic rings. The summed E-state index contributed by atoms with van der Waals surface area (Å²) in [5, 5.41) is 12.6. The first-order chi connectivity index (χ1) is 9.43. The Bertz CT molecular complexity index is 438. The molecule has 0 bridgehead atoms. The molecular weight excluding hydrogens is 294 g/mol. The highest BCUT2D eigenvalue weighted by Crippen LogP contribution is 2.19. The molecular formula is C15H22ClNO2S. The number of carbonyl (C=O) groups excluding carboxylic acids is 1. The average molecular weight is 316 g/mol. The maximum absolute atomic E-state index is 11.7. The number of hydrogen-bond donors (Lipinski definition) is 2. The van der Waals surface area contributed by atoms with Gasteiger partial charge in [-0.25, -0.2) is 0 Å². The lowest BCUT2D eigenvalue weighted by atomic mass is 9.90. The van der Waals surface area contributed by atoms with E-state index in [0.717, 1.165) is 16.3 Å². The first-order valence-corrected chi connectivity index (χ1v) is 8.16. The highest BCUT2D eigenvalue weighted by molar-refractivity contribution is 7.99. The summed E-state index contributed by atoms with van der Waals surface area (Å²) in [4.78, 5) is 11.7. The van der Waals surface area contributed by atoms with Crippen molar-refractivity contribution >= 4 is 29.3 Å². The average Bonchev–Trinajstić information content (AvgIpc) is 2.37. The number of benzene rings is 1. The number of thioether (sulfide) groups is 1. The van der Waals surface area contributed by atoms with E-state index in [9.17, 15) is 4.79 Å². The van der Waals surface area contributed by atoms with Crippen LogP contribution in [0.1, 0.15) is 25.8 Å². The van der Waals surface area contributed by atoms with Crippen molar-refractivity contribution < 1.29 is 9.90 Å². The van der Waals surface area contributed by atoms with Gasteiger partial charge >= 0.3 is 0 Å². The lowest BCUT2D eigenvalue weighted by Gasteiger charge is -2.23. The van der Waals surface area contributed by atoms with Crippen LogP contribution < -0.4 is 5.32 Å².